The third-order valence-electron chi connectivity index (χ3n) is 7.03. The van der Waals surface area contributed by atoms with Gasteiger partial charge in [-0.3, -0.25) is 4.79 Å². The minimum absolute atomic E-state index is 0.133. The van der Waals surface area contributed by atoms with Crippen LogP contribution in [0.2, 0.25) is 0 Å². The highest BCUT2D eigenvalue weighted by Gasteiger charge is 2.71. The van der Waals surface area contributed by atoms with Gasteiger partial charge in [-0.2, -0.15) is 0 Å². The van der Waals surface area contributed by atoms with Gasteiger partial charge in [-0.15, -0.1) is 0 Å². The molecule has 2 aliphatic heterocycles. The molecule has 130 valence electrons. The van der Waals surface area contributed by atoms with Crippen molar-refractivity contribution in [2.75, 3.05) is 19.8 Å². The molecule has 1 amide bonds. The fraction of sp³-hybridized carbons (Fsp3) is 0.944. The van der Waals surface area contributed by atoms with Crippen LogP contribution in [0.3, 0.4) is 0 Å². The Bertz CT molecular complexity index is 493. The lowest BCUT2D eigenvalue weighted by atomic mass is 9.46. The van der Waals surface area contributed by atoms with Crippen LogP contribution in [-0.2, 0) is 14.3 Å². The maximum Gasteiger partial charge on any atom is 0.244 e. The summed E-state index contributed by atoms with van der Waals surface area (Å²) >= 11 is 0. The van der Waals surface area contributed by atoms with Crippen molar-refractivity contribution in [1.29, 1.82) is 0 Å². The third-order valence-corrected chi connectivity index (χ3v) is 7.03. The summed E-state index contributed by atoms with van der Waals surface area (Å²) in [6.45, 7) is 6.35. The van der Waals surface area contributed by atoms with Gasteiger partial charge in [-0.05, 0) is 25.7 Å². The monoisotopic (exact) mass is 322 g/mol. The van der Waals surface area contributed by atoms with Gasteiger partial charge in [-0.1, -0.05) is 26.7 Å². The van der Waals surface area contributed by atoms with Gasteiger partial charge in [-0.25, -0.2) is 0 Å². The maximum absolute atomic E-state index is 13.5. The van der Waals surface area contributed by atoms with Gasteiger partial charge in [0.2, 0.25) is 5.91 Å². The molecule has 5 atom stereocenters. The molecule has 2 saturated carbocycles. The summed E-state index contributed by atoms with van der Waals surface area (Å²) in [6, 6.07) is 0.227. The highest BCUT2D eigenvalue weighted by atomic mass is 16.5. The molecular formula is C18H30N2O3. The number of hydrogen-bond acceptors (Lipinski definition) is 4. The lowest BCUT2D eigenvalue weighted by Gasteiger charge is -2.66. The highest BCUT2D eigenvalue weighted by molar-refractivity contribution is 5.90. The van der Waals surface area contributed by atoms with E-state index >= 15 is 0 Å². The van der Waals surface area contributed by atoms with Crippen molar-refractivity contribution in [2.24, 2.45) is 17.1 Å². The zero-order valence-electron chi connectivity index (χ0n) is 14.4. The number of nitrogens with two attached hydrogens (primary N) is 1. The normalized spacial score (nSPS) is 45.6. The van der Waals surface area contributed by atoms with Crippen LogP contribution in [-0.4, -0.2) is 54.4 Å². The molecule has 4 fully saturated rings. The van der Waals surface area contributed by atoms with E-state index in [0.29, 0.717) is 13.2 Å². The second-order valence-electron chi connectivity index (χ2n) is 8.39. The van der Waals surface area contributed by atoms with Crippen LogP contribution in [0.15, 0.2) is 0 Å². The molecule has 5 heteroatoms. The summed E-state index contributed by atoms with van der Waals surface area (Å²) in [5, 5.41) is 0. The molecule has 0 aromatic rings. The van der Waals surface area contributed by atoms with Crippen LogP contribution in [0.1, 0.15) is 52.4 Å². The second-order valence-corrected chi connectivity index (χ2v) is 8.39. The Labute approximate surface area is 138 Å². The molecule has 2 saturated heterocycles. The fourth-order valence-electron chi connectivity index (χ4n) is 5.60. The van der Waals surface area contributed by atoms with Crippen LogP contribution in [0, 0.1) is 11.3 Å². The van der Waals surface area contributed by atoms with Crippen molar-refractivity contribution in [1.82, 2.24) is 4.90 Å². The Morgan fingerprint density at radius 1 is 1.09 bits per heavy atom. The summed E-state index contributed by atoms with van der Waals surface area (Å²) in [5.74, 6) is 0.318. The van der Waals surface area contributed by atoms with Crippen LogP contribution in [0.25, 0.3) is 0 Å². The van der Waals surface area contributed by atoms with E-state index in [1.807, 2.05) is 0 Å². The van der Waals surface area contributed by atoms with E-state index in [-0.39, 0.29) is 35.5 Å². The van der Waals surface area contributed by atoms with Gasteiger partial charge in [0.25, 0.3) is 0 Å². The Hall–Kier alpha value is -0.650. The van der Waals surface area contributed by atoms with Crippen LogP contribution in [0.5, 0.6) is 0 Å². The summed E-state index contributed by atoms with van der Waals surface area (Å²) in [7, 11) is 0. The summed E-state index contributed by atoms with van der Waals surface area (Å²) in [5.41, 5.74) is 5.75. The zero-order chi connectivity index (χ0) is 16.2. The highest BCUT2D eigenvalue weighted by Crippen LogP contribution is 2.58. The predicted octanol–water partition coefficient (Wildman–Crippen LogP) is 1.69. The number of carbonyl (C=O) groups excluding carboxylic acids is 1. The Balaban J connectivity index is 1.60. The first kappa shape index (κ1) is 15.9. The number of fused-ring (bicyclic) bond motifs is 2. The summed E-state index contributed by atoms with van der Waals surface area (Å²) < 4.78 is 11.9. The predicted molar refractivity (Wildman–Crippen MR) is 86.9 cm³/mol. The van der Waals surface area contributed by atoms with Crippen molar-refractivity contribution in [3.8, 4) is 0 Å². The van der Waals surface area contributed by atoms with Crippen LogP contribution in [0.4, 0.5) is 0 Å². The number of nitrogens with zero attached hydrogens (tertiary/aromatic N) is 1. The number of carbonyl (C=O) groups is 1. The van der Waals surface area contributed by atoms with Gasteiger partial charge >= 0.3 is 0 Å². The molecule has 0 aromatic heterocycles. The first-order valence-electron chi connectivity index (χ1n) is 9.31. The van der Waals surface area contributed by atoms with Crippen molar-refractivity contribution >= 4 is 5.91 Å². The molecule has 23 heavy (non-hydrogen) atoms. The lowest BCUT2D eigenvalue weighted by Crippen LogP contribution is -2.83. The van der Waals surface area contributed by atoms with Crippen LogP contribution >= 0.6 is 0 Å². The SMILES string of the molecule is CC1(C)C2OCCCC2C1(N)C(=O)N1CCOC2CCCCC21. The second kappa shape index (κ2) is 5.43. The topological polar surface area (TPSA) is 64.8 Å². The van der Waals surface area contributed by atoms with E-state index in [1.165, 1.54) is 12.8 Å². The number of ether oxygens (including phenoxy) is 2. The van der Waals surface area contributed by atoms with E-state index < -0.39 is 5.54 Å². The molecule has 0 radical (unpaired) electrons. The average molecular weight is 322 g/mol. The molecule has 5 unspecified atom stereocenters. The van der Waals surface area contributed by atoms with Gasteiger partial charge in [0.1, 0.15) is 5.54 Å². The average Bonchev–Trinajstić information content (AvgIpc) is 2.60. The van der Waals surface area contributed by atoms with Gasteiger partial charge in [0.05, 0.1) is 24.9 Å². The quantitative estimate of drug-likeness (QED) is 0.798. The minimum Gasteiger partial charge on any atom is -0.377 e. The first-order valence-corrected chi connectivity index (χ1v) is 9.31. The first-order chi connectivity index (χ1) is 11.0. The van der Waals surface area contributed by atoms with Crippen LogP contribution < -0.4 is 5.73 Å². The molecule has 4 rings (SSSR count). The van der Waals surface area contributed by atoms with E-state index in [4.69, 9.17) is 15.2 Å². The van der Waals surface area contributed by atoms with E-state index in [2.05, 4.69) is 18.7 Å². The zero-order valence-corrected chi connectivity index (χ0v) is 14.4. The Morgan fingerprint density at radius 3 is 2.70 bits per heavy atom. The molecule has 2 aliphatic carbocycles. The molecule has 0 bridgehead atoms. The molecule has 2 N–H and O–H groups in total. The number of morpholine rings is 1. The van der Waals surface area contributed by atoms with Gasteiger partial charge in [0, 0.05) is 24.5 Å². The Kier molecular flexibility index (Phi) is 3.74. The molecule has 2 heterocycles. The van der Waals surface area contributed by atoms with Crippen molar-refractivity contribution < 1.29 is 14.3 Å². The van der Waals surface area contributed by atoms with Gasteiger partial charge < -0.3 is 20.1 Å². The molecule has 4 aliphatic rings. The standard InChI is InChI=1S/C18H30N2O3/c1-17(2)15-12(6-5-10-23-15)18(17,19)16(21)20-9-11-22-14-8-4-3-7-13(14)20/h12-15H,3-11,19H2,1-2H3. The smallest absolute Gasteiger partial charge is 0.244 e. The molecular weight excluding hydrogens is 292 g/mol. The Morgan fingerprint density at radius 2 is 1.87 bits per heavy atom. The largest absolute Gasteiger partial charge is 0.377 e. The summed E-state index contributed by atoms with van der Waals surface area (Å²) in [4.78, 5) is 15.6. The number of hydrogen-bond donors (Lipinski definition) is 1. The molecule has 5 nitrogen and oxygen atoms in total. The van der Waals surface area contributed by atoms with Crippen molar-refractivity contribution in [3.05, 3.63) is 0 Å². The van der Waals surface area contributed by atoms with E-state index in [9.17, 15) is 4.79 Å². The van der Waals surface area contributed by atoms with Crippen molar-refractivity contribution in [2.45, 2.75) is 76.2 Å². The van der Waals surface area contributed by atoms with Crippen molar-refractivity contribution in [3.63, 3.8) is 0 Å². The number of amides is 1. The third kappa shape index (κ3) is 2.06. The van der Waals surface area contributed by atoms with Gasteiger partial charge in [0.15, 0.2) is 0 Å². The lowest BCUT2D eigenvalue weighted by molar-refractivity contribution is -0.234. The minimum atomic E-state index is -0.780. The van der Waals surface area contributed by atoms with E-state index in [0.717, 1.165) is 32.3 Å². The number of rotatable bonds is 1. The molecule has 0 spiro atoms. The summed E-state index contributed by atoms with van der Waals surface area (Å²) in [6.07, 6.45) is 6.89. The molecule has 0 aromatic carbocycles. The fourth-order valence-corrected chi connectivity index (χ4v) is 5.60. The maximum atomic E-state index is 13.5. The van der Waals surface area contributed by atoms with E-state index in [1.54, 1.807) is 0 Å².